The van der Waals surface area contributed by atoms with E-state index in [1.807, 2.05) is 41.3 Å². The van der Waals surface area contributed by atoms with Crippen LogP contribution in [0.25, 0.3) is 22.2 Å². The van der Waals surface area contributed by atoms with Gasteiger partial charge in [-0.05, 0) is 37.1 Å². The Kier molecular flexibility index (Phi) is 5.60. The number of H-pyrrole nitrogens is 1. The fourth-order valence-corrected chi connectivity index (χ4v) is 4.05. The average Bonchev–Trinajstić information content (AvgIpc) is 3.49. The van der Waals surface area contributed by atoms with E-state index >= 15 is 0 Å². The van der Waals surface area contributed by atoms with Crippen molar-refractivity contribution in [2.75, 3.05) is 13.1 Å². The molecule has 0 radical (unpaired) electrons. The molecular formula is C24H25N5O3. The minimum atomic E-state index is 0.159. The summed E-state index contributed by atoms with van der Waals surface area (Å²) in [5, 5.41) is 11.5. The Balaban J connectivity index is 1.21. The van der Waals surface area contributed by atoms with E-state index in [-0.39, 0.29) is 5.91 Å². The van der Waals surface area contributed by atoms with E-state index in [2.05, 4.69) is 20.5 Å². The molecule has 1 aromatic carbocycles. The van der Waals surface area contributed by atoms with E-state index in [0.717, 1.165) is 60.3 Å². The maximum atomic E-state index is 11.5. The van der Waals surface area contributed by atoms with Crippen molar-refractivity contribution < 1.29 is 13.9 Å². The van der Waals surface area contributed by atoms with Crippen molar-refractivity contribution in [3.63, 3.8) is 0 Å². The van der Waals surface area contributed by atoms with Gasteiger partial charge in [0.1, 0.15) is 11.3 Å². The molecular weight excluding hydrogens is 406 g/mol. The number of pyridine rings is 1. The second-order valence-corrected chi connectivity index (χ2v) is 8.04. The van der Waals surface area contributed by atoms with Crippen LogP contribution in [-0.2, 0) is 11.3 Å². The molecule has 1 amide bonds. The van der Waals surface area contributed by atoms with Crippen LogP contribution in [0.4, 0.5) is 0 Å². The summed E-state index contributed by atoms with van der Waals surface area (Å²) >= 11 is 0. The molecule has 0 spiro atoms. The predicted molar refractivity (Wildman–Crippen MR) is 120 cm³/mol. The van der Waals surface area contributed by atoms with Gasteiger partial charge in [0.15, 0.2) is 0 Å². The SMILES string of the molecule is CC(=O)N1CCC(NCc2coc3cc(Oc4ccc(-c5ccn[nH]5)cn4)ccc23)CC1. The smallest absolute Gasteiger partial charge is 0.219 e. The summed E-state index contributed by atoms with van der Waals surface area (Å²) < 4.78 is 11.7. The molecule has 5 rings (SSSR count). The third-order valence-corrected chi connectivity index (χ3v) is 5.92. The van der Waals surface area contributed by atoms with Gasteiger partial charge in [0, 0.05) is 73.6 Å². The van der Waals surface area contributed by atoms with Crippen molar-refractivity contribution in [3.8, 4) is 22.9 Å². The molecule has 0 aliphatic carbocycles. The first-order chi connectivity index (χ1) is 15.7. The summed E-state index contributed by atoms with van der Waals surface area (Å²) in [5.74, 6) is 1.34. The van der Waals surface area contributed by atoms with Gasteiger partial charge in [0.25, 0.3) is 0 Å². The molecule has 0 atom stereocenters. The molecule has 32 heavy (non-hydrogen) atoms. The van der Waals surface area contributed by atoms with Gasteiger partial charge in [-0.1, -0.05) is 0 Å². The van der Waals surface area contributed by atoms with E-state index < -0.39 is 0 Å². The molecule has 0 saturated carbocycles. The number of rotatable bonds is 6. The molecule has 2 N–H and O–H groups in total. The topological polar surface area (TPSA) is 96.3 Å². The Morgan fingerprint density at radius 3 is 2.84 bits per heavy atom. The fraction of sp³-hybridized carbons (Fsp3) is 0.292. The van der Waals surface area contributed by atoms with Gasteiger partial charge in [-0.2, -0.15) is 5.10 Å². The second kappa shape index (κ2) is 8.84. The molecule has 8 nitrogen and oxygen atoms in total. The van der Waals surface area contributed by atoms with Crippen LogP contribution in [0.5, 0.6) is 11.6 Å². The van der Waals surface area contributed by atoms with Gasteiger partial charge in [0.05, 0.1) is 12.0 Å². The lowest BCUT2D eigenvalue weighted by atomic mass is 10.0. The summed E-state index contributed by atoms with van der Waals surface area (Å²) in [5.41, 5.74) is 3.74. The van der Waals surface area contributed by atoms with Crippen molar-refractivity contribution in [1.82, 2.24) is 25.4 Å². The van der Waals surface area contributed by atoms with Gasteiger partial charge in [-0.15, -0.1) is 0 Å². The highest BCUT2D eigenvalue weighted by Gasteiger charge is 2.20. The number of aromatic nitrogens is 3. The second-order valence-electron chi connectivity index (χ2n) is 8.04. The van der Waals surface area contributed by atoms with E-state index in [9.17, 15) is 4.79 Å². The summed E-state index contributed by atoms with van der Waals surface area (Å²) in [6.07, 6.45) is 7.20. The van der Waals surface area contributed by atoms with Crippen LogP contribution in [0.15, 0.2) is 59.5 Å². The number of aromatic amines is 1. The third kappa shape index (κ3) is 4.36. The van der Waals surface area contributed by atoms with Crippen molar-refractivity contribution in [2.24, 2.45) is 0 Å². The van der Waals surface area contributed by atoms with Gasteiger partial charge < -0.3 is 19.4 Å². The molecule has 164 valence electrons. The average molecular weight is 431 g/mol. The molecule has 3 aromatic heterocycles. The summed E-state index contributed by atoms with van der Waals surface area (Å²) in [7, 11) is 0. The van der Waals surface area contributed by atoms with Crippen molar-refractivity contribution >= 4 is 16.9 Å². The largest absolute Gasteiger partial charge is 0.464 e. The van der Waals surface area contributed by atoms with E-state index in [4.69, 9.17) is 9.15 Å². The highest BCUT2D eigenvalue weighted by molar-refractivity contribution is 5.82. The summed E-state index contributed by atoms with van der Waals surface area (Å²) in [6, 6.07) is 11.9. The normalized spacial score (nSPS) is 14.7. The highest BCUT2D eigenvalue weighted by Crippen LogP contribution is 2.29. The summed E-state index contributed by atoms with van der Waals surface area (Å²) in [4.78, 5) is 17.8. The molecule has 1 fully saturated rings. The number of fused-ring (bicyclic) bond motifs is 1. The Bertz CT molecular complexity index is 1190. The first kappa shape index (κ1) is 20.3. The van der Waals surface area contributed by atoms with Crippen molar-refractivity contribution in [3.05, 3.63) is 60.6 Å². The van der Waals surface area contributed by atoms with Gasteiger partial charge >= 0.3 is 0 Å². The van der Waals surface area contributed by atoms with Crippen molar-refractivity contribution in [2.45, 2.75) is 32.4 Å². The monoisotopic (exact) mass is 431 g/mol. The lowest BCUT2D eigenvalue weighted by Gasteiger charge is -2.31. The Hall–Kier alpha value is -3.65. The van der Waals surface area contributed by atoms with Crippen LogP contribution >= 0.6 is 0 Å². The van der Waals surface area contributed by atoms with Crippen molar-refractivity contribution in [1.29, 1.82) is 0 Å². The van der Waals surface area contributed by atoms with E-state index in [1.54, 1.807) is 25.6 Å². The first-order valence-electron chi connectivity index (χ1n) is 10.8. The van der Waals surface area contributed by atoms with Gasteiger partial charge in [0.2, 0.25) is 11.8 Å². The molecule has 0 unspecified atom stereocenters. The number of ether oxygens (including phenoxy) is 1. The fourth-order valence-electron chi connectivity index (χ4n) is 4.05. The minimum absolute atomic E-state index is 0.159. The van der Waals surface area contributed by atoms with Crippen LogP contribution in [0, 0.1) is 0 Å². The van der Waals surface area contributed by atoms with Crippen LogP contribution < -0.4 is 10.1 Å². The van der Waals surface area contributed by atoms with Crippen LogP contribution in [0.2, 0.25) is 0 Å². The molecule has 4 aromatic rings. The lowest BCUT2D eigenvalue weighted by Crippen LogP contribution is -2.43. The molecule has 1 saturated heterocycles. The molecule has 1 aliphatic heterocycles. The van der Waals surface area contributed by atoms with Crippen LogP contribution in [-0.4, -0.2) is 45.1 Å². The van der Waals surface area contributed by atoms with Gasteiger partial charge in [-0.3, -0.25) is 9.89 Å². The summed E-state index contributed by atoms with van der Waals surface area (Å²) in [6.45, 7) is 4.00. The zero-order valence-electron chi connectivity index (χ0n) is 17.9. The Labute approximate surface area is 185 Å². The molecule has 1 aliphatic rings. The maximum Gasteiger partial charge on any atom is 0.219 e. The quantitative estimate of drug-likeness (QED) is 0.477. The Morgan fingerprint density at radius 1 is 1.25 bits per heavy atom. The number of benzene rings is 1. The number of hydrogen-bond donors (Lipinski definition) is 2. The maximum absolute atomic E-state index is 11.5. The number of furan rings is 1. The lowest BCUT2D eigenvalue weighted by molar-refractivity contribution is -0.129. The predicted octanol–water partition coefficient (Wildman–Crippen LogP) is 4.11. The number of nitrogens with one attached hydrogen (secondary N) is 2. The van der Waals surface area contributed by atoms with Gasteiger partial charge in [-0.25, -0.2) is 4.98 Å². The van der Waals surface area contributed by atoms with E-state index in [1.165, 1.54) is 0 Å². The number of hydrogen-bond acceptors (Lipinski definition) is 6. The number of likely N-dealkylation sites (tertiary alicyclic amines) is 1. The highest BCUT2D eigenvalue weighted by atomic mass is 16.5. The molecule has 4 heterocycles. The molecule has 8 heteroatoms. The Morgan fingerprint density at radius 2 is 2.12 bits per heavy atom. The first-order valence-corrected chi connectivity index (χ1v) is 10.8. The third-order valence-electron chi connectivity index (χ3n) is 5.92. The number of nitrogens with zero attached hydrogens (tertiary/aromatic N) is 3. The number of amides is 1. The zero-order valence-corrected chi connectivity index (χ0v) is 17.9. The number of carbonyl (C=O) groups excluding carboxylic acids is 1. The zero-order chi connectivity index (χ0) is 21.9. The minimum Gasteiger partial charge on any atom is -0.464 e. The number of piperidine rings is 1. The standard InChI is InChI=1S/C24H25N5O3/c1-16(30)29-10-7-19(8-11-29)25-14-18-15-31-23-12-20(3-4-21(18)23)32-24-5-2-17(13-26-24)22-6-9-27-28-22/h2-6,9,12-13,15,19,25H,7-8,10-11,14H2,1H3,(H,27,28). The molecule has 0 bridgehead atoms. The number of carbonyl (C=O) groups is 1. The van der Waals surface area contributed by atoms with Crippen LogP contribution in [0.3, 0.4) is 0 Å². The van der Waals surface area contributed by atoms with Crippen LogP contribution in [0.1, 0.15) is 25.3 Å². The van der Waals surface area contributed by atoms with E-state index in [0.29, 0.717) is 17.7 Å².